The van der Waals surface area contributed by atoms with Gasteiger partial charge in [0.15, 0.2) is 5.17 Å². The Morgan fingerprint density at radius 2 is 2.29 bits per heavy atom. The van der Waals surface area contributed by atoms with Crippen molar-refractivity contribution in [3.05, 3.63) is 40.9 Å². The zero-order chi connectivity index (χ0) is 19.5. The number of amidine groups is 1. The number of rotatable bonds is 5. The molecule has 28 heavy (non-hydrogen) atoms. The first-order chi connectivity index (χ1) is 13.7. The largest absolute Gasteiger partial charge is 0.463 e. The maximum atomic E-state index is 12.2. The van der Waals surface area contributed by atoms with Gasteiger partial charge in [0.1, 0.15) is 0 Å². The van der Waals surface area contributed by atoms with Gasteiger partial charge in [-0.1, -0.05) is 41.7 Å². The Balaban J connectivity index is 1.43. The Hall–Kier alpha value is -2.26. The van der Waals surface area contributed by atoms with E-state index in [1.54, 1.807) is 23.6 Å². The number of aliphatic imine (C=N–C) groups is 1. The lowest BCUT2D eigenvalue weighted by molar-refractivity contribution is -0.137. The van der Waals surface area contributed by atoms with Gasteiger partial charge in [0.2, 0.25) is 5.91 Å². The molecule has 1 atom stereocenters. The van der Waals surface area contributed by atoms with Gasteiger partial charge in [-0.2, -0.15) is 5.10 Å². The van der Waals surface area contributed by atoms with Gasteiger partial charge < -0.3 is 9.64 Å². The lowest BCUT2D eigenvalue weighted by atomic mass is 10.0. The van der Waals surface area contributed by atoms with Crippen molar-refractivity contribution in [2.45, 2.75) is 19.4 Å². The topological polar surface area (TPSA) is 74.6 Å². The van der Waals surface area contributed by atoms with Crippen LogP contribution in [-0.4, -0.2) is 57.8 Å². The highest BCUT2D eigenvalue weighted by atomic mass is 32.2. The van der Waals surface area contributed by atoms with E-state index in [-0.39, 0.29) is 11.9 Å². The third-order valence-electron chi connectivity index (χ3n) is 4.52. The van der Waals surface area contributed by atoms with Crippen molar-refractivity contribution < 1.29 is 14.3 Å². The highest BCUT2D eigenvalue weighted by molar-refractivity contribution is 8.13. The average molecular weight is 417 g/mol. The second kappa shape index (κ2) is 8.40. The summed E-state index contributed by atoms with van der Waals surface area (Å²) in [6.45, 7) is 2.58. The number of amides is 1. The second-order valence-electron chi connectivity index (χ2n) is 6.26. The van der Waals surface area contributed by atoms with Crippen molar-refractivity contribution in [3.63, 3.8) is 0 Å². The minimum Gasteiger partial charge on any atom is -0.463 e. The summed E-state index contributed by atoms with van der Waals surface area (Å²) >= 11 is 2.94. The molecule has 1 saturated heterocycles. The van der Waals surface area contributed by atoms with Crippen LogP contribution < -0.4 is 0 Å². The SMILES string of the molecule is CCOC(=O)C=C1SCC(=O)N1CCSC1=Nc2ccccc2C2CC=NN12. The molecule has 0 bridgehead atoms. The van der Waals surface area contributed by atoms with Crippen LogP contribution >= 0.6 is 23.5 Å². The summed E-state index contributed by atoms with van der Waals surface area (Å²) in [6, 6.07) is 8.32. The molecular weight excluding hydrogens is 396 g/mol. The van der Waals surface area contributed by atoms with Crippen LogP contribution in [0.4, 0.5) is 5.69 Å². The predicted molar refractivity (Wildman–Crippen MR) is 113 cm³/mol. The number of para-hydroxylation sites is 1. The molecule has 3 aliphatic heterocycles. The first kappa shape index (κ1) is 19.1. The predicted octanol–water partition coefficient (Wildman–Crippen LogP) is 3.13. The fourth-order valence-corrected chi connectivity index (χ4v) is 5.14. The van der Waals surface area contributed by atoms with Crippen molar-refractivity contribution >= 4 is 52.5 Å². The molecule has 1 aromatic rings. The molecule has 7 nitrogen and oxygen atoms in total. The molecule has 3 heterocycles. The molecule has 0 saturated carbocycles. The van der Waals surface area contributed by atoms with Crippen LogP contribution in [0.25, 0.3) is 0 Å². The third kappa shape index (κ3) is 3.81. The Kier molecular flexibility index (Phi) is 5.72. The number of esters is 1. The number of thioether (sulfide) groups is 2. The van der Waals surface area contributed by atoms with Crippen LogP contribution in [0.5, 0.6) is 0 Å². The van der Waals surface area contributed by atoms with Gasteiger partial charge in [0.25, 0.3) is 0 Å². The highest BCUT2D eigenvalue weighted by Crippen LogP contribution is 2.41. The van der Waals surface area contributed by atoms with Gasteiger partial charge in [0.05, 0.1) is 35.2 Å². The van der Waals surface area contributed by atoms with Gasteiger partial charge in [-0.05, 0) is 13.0 Å². The number of carbonyl (C=O) groups excluding carboxylic acids is 2. The number of hydrogen-bond donors (Lipinski definition) is 0. The highest BCUT2D eigenvalue weighted by Gasteiger charge is 2.33. The van der Waals surface area contributed by atoms with E-state index in [4.69, 9.17) is 9.73 Å². The summed E-state index contributed by atoms with van der Waals surface area (Å²) < 4.78 is 4.95. The first-order valence-electron chi connectivity index (χ1n) is 9.11. The Labute approximate surface area is 171 Å². The molecular formula is C19H20N4O3S2. The van der Waals surface area contributed by atoms with E-state index in [9.17, 15) is 9.59 Å². The quantitative estimate of drug-likeness (QED) is 0.542. The average Bonchev–Trinajstić information content (AvgIpc) is 3.31. The van der Waals surface area contributed by atoms with E-state index in [1.807, 2.05) is 29.4 Å². The molecule has 4 rings (SSSR count). The molecule has 0 aromatic heterocycles. The number of ether oxygens (including phenoxy) is 1. The molecule has 0 radical (unpaired) electrons. The lowest BCUT2D eigenvalue weighted by Gasteiger charge is -2.30. The Morgan fingerprint density at radius 3 is 3.14 bits per heavy atom. The van der Waals surface area contributed by atoms with Crippen molar-refractivity contribution in [2.24, 2.45) is 10.1 Å². The zero-order valence-electron chi connectivity index (χ0n) is 15.4. The van der Waals surface area contributed by atoms with Gasteiger partial charge in [0, 0.05) is 30.5 Å². The molecule has 0 spiro atoms. The fraction of sp³-hybridized carbons (Fsp3) is 0.368. The van der Waals surface area contributed by atoms with Crippen molar-refractivity contribution in [1.29, 1.82) is 0 Å². The fourth-order valence-electron chi connectivity index (χ4n) is 3.26. The van der Waals surface area contributed by atoms with Crippen LogP contribution in [0.2, 0.25) is 0 Å². The number of hydrazone groups is 1. The molecule has 0 N–H and O–H groups in total. The van der Waals surface area contributed by atoms with Crippen LogP contribution in [0.1, 0.15) is 24.9 Å². The lowest BCUT2D eigenvalue weighted by Crippen LogP contribution is -2.31. The van der Waals surface area contributed by atoms with E-state index in [0.29, 0.717) is 29.7 Å². The van der Waals surface area contributed by atoms with Crippen molar-refractivity contribution in [3.8, 4) is 0 Å². The van der Waals surface area contributed by atoms with E-state index >= 15 is 0 Å². The second-order valence-corrected chi connectivity index (χ2v) is 8.32. The maximum absolute atomic E-state index is 12.2. The summed E-state index contributed by atoms with van der Waals surface area (Å²) in [5.41, 5.74) is 2.17. The molecule has 1 amide bonds. The molecule has 0 aliphatic carbocycles. The summed E-state index contributed by atoms with van der Waals surface area (Å²) in [7, 11) is 0. The Morgan fingerprint density at radius 1 is 1.43 bits per heavy atom. The molecule has 3 aliphatic rings. The number of nitrogens with zero attached hydrogens (tertiary/aromatic N) is 4. The normalized spacial score (nSPS) is 21.8. The van der Waals surface area contributed by atoms with E-state index in [0.717, 1.165) is 17.3 Å². The zero-order valence-corrected chi connectivity index (χ0v) is 17.0. The third-order valence-corrected chi connectivity index (χ3v) is 6.47. The van der Waals surface area contributed by atoms with Crippen LogP contribution in [-0.2, 0) is 14.3 Å². The number of carbonyl (C=O) groups is 2. The molecule has 1 unspecified atom stereocenters. The van der Waals surface area contributed by atoms with E-state index in [1.165, 1.54) is 23.4 Å². The van der Waals surface area contributed by atoms with Crippen molar-refractivity contribution in [2.75, 3.05) is 24.7 Å². The van der Waals surface area contributed by atoms with Gasteiger partial charge in [-0.15, -0.1) is 0 Å². The summed E-state index contributed by atoms with van der Waals surface area (Å²) in [4.78, 5) is 30.3. The monoisotopic (exact) mass is 416 g/mol. The molecule has 146 valence electrons. The van der Waals surface area contributed by atoms with Crippen LogP contribution in [0.15, 0.2) is 45.5 Å². The van der Waals surface area contributed by atoms with Gasteiger partial charge in [-0.3, -0.25) is 4.79 Å². The molecule has 1 fully saturated rings. The maximum Gasteiger partial charge on any atom is 0.333 e. The number of fused-ring (bicyclic) bond motifs is 3. The summed E-state index contributed by atoms with van der Waals surface area (Å²) in [6.07, 6.45) is 4.19. The van der Waals surface area contributed by atoms with Crippen LogP contribution in [0, 0.1) is 0 Å². The standard InChI is InChI=1S/C19H20N4O3S2/c1-2-26-18(25)11-17-22(16(24)12-28-17)9-10-27-19-21-14-6-4-3-5-13(14)15-7-8-20-23(15)19/h3-6,8,11,15H,2,7,9-10,12H2,1H3. The Bertz CT molecular complexity index is 884. The van der Waals surface area contributed by atoms with Crippen LogP contribution in [0.3, 0.4) is 0 Å². The minimum atomic E-state index is -0.417. The first-order valence-corrected chi connectivity index (χ1v) is 11.1. The molecule has 1 aromatic carbocycles. The smallest absolute Gasteiger partial charge is 0.333 e. The number of benzene rings is 1. The molecule has 9 heteroatoms. The van der Waals surface area contributed by atoms with E-state index in [2.05, 4.69) is 11.2 Å². The minimum absolute atomic E-state index is 0.00847. The summed E-state index contributed by atoms with van der Waals surface area (Å²) in [5.74, 6) is 0.601. The summed E-state index contributed by atoms with van der Waals surface area (Å²) in [5, 5.41) is 7.93. The van der Waals surface area contributed by atoms with Gasteiger partial charge in [-0.25, -0.2) is 14.8 Å². The van der Waals surface area contributed by atoms with Crippen molar-refractivity contribution in [1.82, 2.24) is 9.91 Å². The number of hydrogen-bond acceptors (Lipinski definition) is 8. The van der Waals surface area contributed by atoms with E-state index < -0.39 is 5.97 Å². The van der Waals surface area contributed by atoms with Gasteiger partial charge >= 0.3 is 5.97 Å².